The maximum atomic E-state index is 11.8. The van der Waals surface area contributed by atoms with E-state index in [0.717, 1.165) is 25.7 Å². The smallest absolute Gasteiger partial charge is 0.264 e. The second-order valence-electron chi connectivity index (χ2n) is 12.9. The molecule has 4 heteroatoms. The Morgan fingerprint density at radius 1 is 0.429 bits per heavy atom. The second-order valence-corrected chi connectivity index (χ2v) is 14.5. The molecule has 3 nitrogen and oxygen atoms in total. The summed E-state index contributed by atoms with van der Waals surface area (Å²) < 4.78 is 28.9. The Kier molecular flexibility index (Phi) is 32.8. The van der Waals surface area contributed by atoms with E-state index in [1.807, 2.05) is 0 Å². The molecular formula is C38H74O3S. The quantitative estimate of drug-likeness (QED) is 0.0413. The maximum absolute atomic E-state index is 11.8. The van der Waals surface area contributed by atoms with Gasteiger partial charge in [-0.05, 0) is 64.2 Å². The van der Waals surface area contributed by atoms with Gasteiger partial charge in [0, 0.05) is 0 Å². The highest BCUT2D eigenvalue weighted by atomic mass is 32.2. The molecule has 0 spiro atoms. The predicted octanol–water partition coefficient (Wildman–Crippen LogP) is 13.2. The van der Waals surface area contributed by atoms with Crippen molar-refractivity contribution in [3.05, 3.63) is 24.3 Å². The molecule has 0 saturated carbocycles. The molecule has 0 aliphatic heterocycles. The van der Waals surface area contributed by atoms with Crippen molar-refractivity contribution in [3.63, 3.8) is 0 Å². The van der Waals surface area contributed by atoms with Gasteiger partial charge in [-0.15, -0.1) is 0 Å². The lowest BCUT2D eigenvalue weighted by Gasteiger charge is -2.16. The van der Waals surface area contributed by atoms with Crippen LogP contribution in [0.15, 0.2) is 24.3 Å². The molecule has 0 unspecified atom stereocenters. The Morgan fingerprint density at radius 3 is 0.976 bits per heavy atom. The molecular weight excluding hydrogens is 536 g/mol. The third-order valence-electron chi connectivity index (χ3n) is 8.39. The standard InChI is InChI=1S/C38H74O3S/c1-4-6-8-10-12-14-16-18-20-22-24-26-28-30-32-34-36-38(41-42(3,39)40)37-35-33-31-29-27-25-23-21-19-17-15-13-11-9-7-5-2/h18-21,38H,4-17,22-37H2,1-3H3/b20-18-,21-19-. The summed E-state index contributed by atoms with van der Waals surface area (Å²) in [6.45, 7) is 4.55. The summed E-state index contributed by atoms with van der Waals surface area (Å²) in [6.07, 6.45) is 48.6. The van der Waals surface area contributed by atoms with Crippen molar-refractivity contribution < 1.29 is 12.6 Å². The van der Waals surface area contributed by atoms with Crippen molar-refractivity contribution in [2.24, 2.45) is 0 Å². The molecule has 250 valence electrons. The van der Waals surface area contributed by atoms with Gasteiger partial charge >= 0.3 is 0 Å². The van der Waals surface area contributed by atoms with Crippen LogP contribution in [0.4, 0.5) is 0 Å². The average Bonchev–Trinajstić information content (AvgIpc) is 2.95. The van der Waals surface area contributed by atoms with Crippen LogP contribution >= 0.6 is 0 Å². The Labute approximate surface area is 265 Å². The molecule has 0 aromatic carbocycles. The van der Waals surface area contributed by atoms with Gasteiger partial charge in [-0.3, -0.25) is 4.18 Å². The fraction of sp³-hybridized carbons (Fsp3) is 0.895. The second kappa shape index (κ2) is 33.3. The van der Waals surface area contributed by atoms with E-state index >= 15 is 0 Å². The maximum Gasteiger partial charge on any atom is 0.264 e. The molecule has 0 fully saturated rings. The Hall–Kier alpha value is -0.610. The molecule has 0 rings (SSSR count). The summed E-state index contributed by atoms with van der Waals surface area (Å²) in [5.74, 6) is 0. The fourth-order valence-corrected chi connectivity index (χ4v) is 6.41. The minimum absolute atomic E-state index is 0.131. The molecule has 0 aliphatic rings. The summed E-state index contributed by atoms with van der Waals surface area (Å²) >= 11 is 0. The first kappa shape index (κ1) is 41.4. The monoisotopic (exact) mass is 611 g/mol. The summed E-state index contributed by atoms with van der Waals surface area (Å²) in [4.78, 5) is 0. The van der Waals surface area contributed by atoms with E-state index in [1.54, 1.807) is 0 Å². The van der Waals surface area contributed by atoms with Gasteiger partial charge in [0.05, 0.1) is 12.4 Å². The first-order chi connectivity index (χ1) is 20.5. The first-order valence-electron chi connectivity index (χ1n) is 18.7. The highest BCUT2D eigenvalue weighted by Gasteiger charge is 2.15. The molecule has 0 radical (unpaired) electrons. The Balaban J connectivity index is 3.68. The van der Waals surface area contributed by atoms with Crippen molar-refractivity contribution in [2.45, 2.75) is 213 Å². The van der Waals surface area contributed by atoms with Crippen molar-refractivity contribution >= 4 is 10.1 Å². The third kappa shape index (κ3) is 35.6. The van der Waals surface area contributed by atoms with Gasteiger partial charge in [0.2, 0.25) is 0 Å². The van der Waals surface area contributed by atoms with E-state index in [2.05, 4.69) is 38.2 Å². The predicted molar refractivity (Wildman–Crippen MR) is 188 cm³/mol. The fourth-order valence-electron chi connectivity index (χ4n) is 5.73. The van der Waals surface area contributed by atoms with Gasteiger partial charge in [0.1, 0.15) is 0 Å². The molecule has 0 aliphatic carbocycles. The van der Waals surface area contributed by atoms with Crippen LogP contribution in [0.25, 0.3) is 0 Å². The minimum Gasteiger partial charge on any atom is -0.267 e. The van der Waals surface area contributed by atoms with Gasteiger partial charge in [0.15, 0.2) is 0 Å². The lowest BCUT2D eigenvalue weighted by atomic mass is 10.0. The van der Waals surface area contributed by atoms with Crippen LogP contribution in [0.2, 0.25) is 0 Å². The number of hydrogen-bond donors (Lipinski definition) is 0. The van der Waals surface area contributed by atoms with E-state index in [9.17, 15) is 8.42 Å². The highest BCUT2D eigenvalue weighted by molar-refractivity contribution is 7.86. The molecule has 0 atom stereocenters. The normalized spacial score (nSPS) is 12.5. The molecule has 0 heterocycles. The van der Waals surface area contributed by atoms with Crippen LogP contribution in [-0.2, 0) is 14.3 Å². The van der Waals surface area contributed by atoms with E-state index in [4.69, 9.17) is 4.18 Å². The van der Waals surface area contributed by atoms with Crippen LogP contribution in [0.3, 0.4) is 0 Å². The Morgan fingerprint density at radius 2 is 0.690 bits per heavy atom. The van der Waals surface area contributed by atoms with Crippen LogP contribution in [0.1, 0.15) is 206 Å². The lowest BCUT2D eigenvalue weighted by Crippen LogP contribution is -2.17. The van der Waals surface area contributed by atoms with Crippen molar-refractivity contribution in [1.29, 1.82) is 0 Å². The molecule has 0 N–H and O–H groups in total. The van der Waals surface area contributed by atoms with E-state index in [-0.39, 0.29) is 6.10 Å². The largest absolute Gasteiger partial charge is 0.267 e. The van der Waals surface area contributed by atoms with Crippen LogP contribution in [0, 0.1) is 0 Å². The molecule has 0 saturated heterocycles. The molecule has 0 aromatic rings. The van der Waals surface area contributed by atoms with Gasteiger partial charge in [-0.2, -0.15) is 8.42 Å². The van der Waals surface area contributed by atoms with E-state index in [0.29, 0.717) is 0 Å². The summed E-state index contributed by atoms with van der Waals surface area (Å²) in [5.41, 5.74) is 0. The molecule has 0 amide bonds. The highest BCUT2D eigenvalue weighted by Crippen LogP contribution is 2.19. The number of unbranched alkanes of at least 4 members (excludes halogenated alkanes) is 24. The van der Waals surface area contributed by atoms with E-state index in [1.165, 1.54) is 173 Å². The van der Waals surface area contributed by atoms with Crippen molar-refractivity contribution in [3.8, 4) is 0 Å². The van der Waals surface area contributed by atoms with Crippen LogP contribution < -0.4 is 0 Å². The van der Waals surface area contributed by atoms with Gasteiger partial charge in [0.25, 0.3) is 10.1 Å². The third-order valence-corrected chi connectivity index (χ3v) is 9.01. The van der Waals surface area contributed by atoms with Crippen molar-refractivity contribution in [1.82, 2.24) is 0 Å². The molecule has 0 bridgehead atoms. The van der Waals surface area contributed by atoms with Gasteiger partial charge in [-0.1, -0.05) is 167 Å². The first-order valence-corrected chi connectivity index (χ1v) is 20.5. The van der Waals surface area contributed by atoms with Gasteiger partial charge in [-0.25, -0.2) is 0 Å². The summed E-state index contributed by atoms with van der Waals surface area (Å²) in [7, 11) is -3.38. The zero-order valence-electron chi connectivity index (χ0n) is 28.7. The lowest BCUT2D eigenvalue weighted by molar-refractivity contribution is 0.182. The number of hydrogen-bond acceptors (Lipinski definition) is 3. The van der Waals surface area contributed by atoms with Crippen molar-refractivity contribution in [2.75, 3.05) is 6.26 Å². The van der Waals surface area contributed by atoms with Gasteiger partial charge < -0.3 is 0 Å². The SMILES string of the molecule is CCCCCCCC/C=C\CCCCCCCCC(CCCCCCCC/C=C\CCCCCCCC)OS(C)(=O)=O. The zero-order valence-corrected chi connectivity index (χ0v) is 29.5. The Bertz CT molecular complexity index is 640. The average molecular weight is 611 g/mol. The number of rotatable bonds is 34. The molecule has 0 aromatic heterocycles. The number of allylic oxidation sites excluding steroid dienone is 4. The minimum atomic E-state index is -3.38. The molecule has 42 heavy (non-hydrogen) atoms. The van der Waals surface area contributed by atoms with E-state index < -0.39 is 10.1 Å². The summed E-state index contributed by atoms with van der Waals surface area (Å²) in [5, 5.41) is 0. The van der Waals surface area contributed by atoms with Crippen LogP contribution in [0.5, 0.6) is 0 Å². The van der Waals surface area contributed by atoms with Crippen LogP contribution in [-0.4, -0.2) is 20.8 Å². The topological polar surface area (TPSA) is 43.4 Å². The summed E-state index contributed by atoms with van der Waals surface area (Å²) in [6, 6.07) is 0. The zero-order chi connectivity index (χ0) is 30.8.